The average Bonchev–Trinajstić information content (AvgIpc) is 2.95. The van der Waals surface area contributed by atoms with Crippen LogP contribution < -0.4 is 5.73 Å². The molecule has 0 radical (unpaired) electrons. The summed E-state index contributed by atoms with van der Waals surface area (Å²) in [6, 6.07) is 4.12. The van der Waals surface area contributed by atoms with E-state index in [2.05, 4.69) is 13.0 Å². The van der Waals surface area contributed by atoms with Crippen LogP contribution in [0.5, 0.6) is 0 Å². The van der Waals surface area contributed by atoms with Crippen LogP contribution in [0.3, 0.4) is 0 Å². The van der Waals surface area contributed by atoms with Crippen molar-refractivity contribution in [1.82, 2.24) is 0 Å². The third-order valence-electron chi connectivity index (χ3n) is 2.57. The molecule has 0 spiro atoms. The summed E-state index contributed by atoms with van der Waals surface area (Å²) in [7, 11) is 0. The van der Waals surface area contributed by atoms with E-state index in [1.165, 1.54) is 16.2 Å². The van der Waals surface area contributed by atoms with Crippen LogP contribution in [-0.2, 0) is 11.2 Å². The van der Waals surface area contributed by atoms with Crippen molar-refractivity contribution in [2.24, 2.45) is 0 Å². The maximum atomic E-state index is 11.9. The molecule has 0 saturated carbocycles. The molecule has 18 heavy (non-hydrogen) atoms. The minimum Gasteiger partial charge on any atom is -0.462 e. The molecular weight excluding hydrogens is 266 g/mol. The van der Waals surface area contributed by atoms with Crippen molar-refractivity contribution in [1.29, 1.82) is 0 Å². The number of carbonyl (C=O) groups is 1. The number of anilines is 1. The number of hydrogen-bond donors (Lipinski definition) is 1. The summed E-state index contributed by atoms with van der Waals surface area (Å²) in [4.78, 5) is 14.3. The first kappa shape index (κ1) is 13.1. The average molecular weight is 281 g/mol. The lowest BCUT2D eigenvalue weighted by molar-refractivity contribution is 0.0529. The highest BCUT2D eigenvalue weighted by Gasteiger charge is 2.20. The van der Waals surface area contributed by atoms with Crippen molar-refractivity contribution in [2.75, 3.05) is 12.3 Å². The molecule has 2 aromatic rings. The smallest absolute Gasteiger partial charge is 0.341 e. The van der Waals surface area contributed by atoms with Crippen LogP contribution in [0.2, 0.25) is 0 Å². The van der Waals surface area contributed by atoms with Gasteiger partial charge >= 0.3 is 5.97 Å². The fourth-order valence-electron chi connectivity index (χ4n) is 1.68. The molecule has 0 aliphatic rings. The molecule has 0 aliphatic heterocycles. The van der Waals surface area contributed by atoms with E-state index in [0.717, 1.165) is 16.9 Å². The van der Waals surface area contributed by atoms with Crippen molar-refractivity contribution < 1.29 is 9.53 Å². The van der Waals surface area contributed by atoms with Crippen LogP contribution in [-0.4, -0.2) is 12.6 Å². The summed E-state index contributed by atoms with van der Waals surface area (Å²) in [6.45, 7) is 4.27. The van der Waals surface area contributed by atoms with E-state index in [1.54, 1.807) is 18.3 Å². The second kappa shape index (κ2) is 5.54. The number of nitrogens with two attached hydrogens (primary N) is 1. The van der Waals surface area contributed by atoms with E-state index in [9.17, 15) is 4.79 Å². The standard InChI is InChI=1S/C13H15NO2S2/c1-3-8-5-6-10(18-8)9-7-17-12(14)11(9)13(15)16-4-2/h5-7H,3-4,14H2,1-2H3. The van der Waals surface area contributed by atoms with E-state index in [-0.39, 0.29) is 5.97 Å². The van der Waals surface area contributed by atoms with E-state index < -0.39 is 0 Å². The number of nitrogen functional groups attached to an aromatic ring is 1. The van der Waals surface area contributed by atoms with Gasteiger partial charge in [0.15, 0.2) is 0 Å². The van der Waals surface area contributed by atoms with Crippen LogP contribution >= 0.6 is 22.7 Å². The number of esters is 1. The molecule has 96 valence electrons. The van der Waals surface area contributed by atoms with Crippen molar-refractivity contribution in [3.63, 3.8) is 0 Å². The van der Waals surface area contributed by atoms with E-state index in [4.69, 9.17) is 10.5 Å². The van der Waals surface area contributed by atoms with Gasteiger partial charge in [-0.15, -0.1) is 22.7 Å². The molecule has 0 fully saturated rings. The molecule has 2 heterocycles. The Kier molecular flexibility index (Phi) is 4.04. The minimum atomic E-state index is -0.335. The maximum Gasteiger partial charge on any atom is 0.341 e. The fourth-order valence-corrected chi connectivity index (χ4v) is 3.53. The number of aryl methyl sites for hydroxylation is 1. The lowest BCUT2D eigenvalue weighted by Crippen LogP contribution is -2.06. The van der Waals surface area contributed by atoms with Gasteiger partial charge in [0.2, 0.25) is 0 Å². The number of carbonyl (C=O) groups excluding carboxylic acids is 1. The molecule has 0 aromatic carbocycles. The molecule has 3 nitrogen and oxygen atoms in total. The van der Waals surface area contributed by atoms with Crippen LogP contribution in [0.15, 0.2) is 17.5 Å². The highest BCUT2D eigenvalue weighted by atomic mass is 32.1. The van der Waals surface area contributed by atoms with E-state index >= 15 is 0 Å². The topological polar surface area (TPSA) is 52.3 Å². The highest BCUT2D eigenvalue weighted by molar-refractivity contribution is 7.17. The summed E-state index contributed by atoms with van der Waals surface area (Å²) in [5.74, 6) is -0.335. The van der Waals surface area contributed by atoms with Crippen LogP contribution in [0.1, 0.15) is 29.1 Å². The van der Waals surface area contributed by atoms with Crippen molar-refractivity contribution in [3.05, 3.63) is 28.0 Å². The monoisotopic (exact) mass is 281 g/mol. The number of hydrogen-bond acceptors (Lipinski definition) is 5. The molecule has 0 atom stereocenters. The predicted octanol–water partition coefficient (Wildman–Crippen LogP) is 3.80. The normalized spacial score (nSPS) is 10.6. The van der Waals surface area contributed by atoms with Crippen LogP contribution in [0.4, 0.5) is 5.00 Å². The van der Waals surface area contributed by atoms with Gasteiger partial charge in [-0.1, -0.05) is 6.92 Å². The first-order valence-corrected chi connectivity index (χ1v) is 7.50. The van der Waals surface area contributed by atoms with Crippen LogP contribution in [0, 0.1) is 0 Å². The lowest BCUT2D eigenvalue weighted by Gasteiger charge is -2.03. The molecule has 5 heteroatoms. The van der Waals surface area contributed by atoms with Crippen LogP contribution in [0.25, 0.3) is 10.4 Å². The Labute approximate surface area is 114 Å². The molecule has 0 saturated heterocycles. The van der Waals surface area contributed by atoms with Crippen molar-refractivity contribution >= 4 is 33.6 Å². The molecule has 2 aromatic heterocycles. The second-order valence-corrected chi connectivity index (χ2v) is 5.81. The second-order valence-electron chi connectivity index (χ2n) is 3.73. The summed E-state index contributed by atoms with van der Waals surface area (Å²) in [5.41, 5.74) is 7.27. The number of thiophene rings is 2. The van der Waals surface area contributed by atoms with E-state index in [1.807, 2.05) is 11.4 Å². The van der Waals surface area contributed by atoms with Gasteiger partial charge in [0, 0.05) is 20.7 Å². The van der Waals surface area contributed by atoms with Gasteiger partial charge in [0.25, 0.3) is 0 Å². The molecule has 0 bridgehead atoms. The Balaban J connectivity index is 2.42. The van der Waals surface area contributed by atoms with Gasteiger partial charge in [0.1, 0.15) is 10.6 Å². The minimum absolute atomic E-state index is 0.335. The maximum absolute atomic E-state index is 11.9. The zero-order valence-corrected chi connectivity index (χ0v) is 12.0. The van der Waals surface area contributed by atoms with E-state index in [0.29, 0.717) is 17.2 Å². The largest absolute Gasteiger partial charge is 0.462 e. The van der Waals surface area contributed by atoms with Gasteiger partial charge < -0.3 is 10.5 Å². The highest BCUT2D eigenvalue weighted by Crippen LogP contribution is 2.37. The molecular formula is C13H15NO2S2. The Hall–Kier alpha value is -1.33. The summed E-state index contributed by atoms with van der Waals surface area (Å²) in [5, 5.41) is 2.45. The summed E-state index contributed by atoms with van der Waals surface area (Å²) >= 11 is 3.07. The zero-order valence-electron chi connectivity index (χ0n) is 10.4. The summed E-state index contributed by atoms with van der Waals surface area (Å²) < 4.78 is 5.05. The SMILES string of the molecule is CCOC(=O)c1c(-c2ccc(CC)s2)csc1N. The van der Waals surface area contributed by atoms with Crippen molar-refractivity contribution in [2.45, 2.75) is 20.3 Å². The zero-order chi connectivity index (χ0) is 13.1. The van der Waals surface area contributed by atoms with Gasteiger partial charge in [-0.3, -0.25) is 0 Å². The third-order valence-corrected chi connectivity index (χ3v) is 4.65. The lowest BCUT2D eigenvalue weighted by atomic mass is 10.1. The van der Waals surface area contributed by atoms with Crippen molar-refractivity contribution in [3.8, 4) is 10.4 Å². The Morgan fingerprint density at radius 2 is 2.17 bits per heavy atom. The Morgan fingerprint density at radius 3 is 2.78 bits per heavy atom. The molecule has 0 aliphatic carbocycles. The first-order chi connectivity index (χ1) is 8.67. The fraction of sp³-hybridized carbons (Fsp3) is 0.308. The molecule has 2 rings (SSSR count). The summed E-state index contributed by atoms with van der Waals surface area (Å²) in [6.07, 6.45) is 0.999. The van der Waals surface area contributed by atoms with Gasteiger partial charge in [0.05, 0.1) is 6.61 Å². The first-order valence-electron chi connectivity index (χ1n) is 5.80. The molecule has 0 amide bonds. The Bertz CT molecular complexity index is 557. The van der Waals surface area contributed by atoms with Gasteiger partial charge in [-0.2, -0.15) is 0 Å². The molecule has 0 unspecified atom stereocenters. The molecule has 2 N–H and O–H groups in total. The number of rotatable bonds is 4. The Morgan fingerprint density at radius 1 is 1.39 bits per heavy atom. The third kappa shape index (κ3) is 2.42. The predicted molar refractivity (Wildman–Crippen MR) is 77.4 cm³/mol. The number of ether oxygens (including phenoxy) is 1. The van der Waals surface area contributed by atoms with Gasteiger partial charge in [-0.25, -0.2) is 4.79 Å². The van der Waals surface area contributed by atoms with Gasteiger partial charge in [-0.05, 0) is 25.5 Å². The quantitative estimate of drug-likeness (QED) is 0.867.